The Balaban J connectivity index is 1.64. The highest BCUT2D eigenvalue weighted by Gasteiger charge is 2.33. The third-order valence-electron chi connectivity index (χ3n) is 3.99. The van der Waals surface area contributed by atoms with E-state index in [0.29, 0.717) is 11.3 Å². The van der Waals surface area contributed by atoms with Gasteiger partial charge in [0.05, 0.1) is 17.0 Å². The maximum Gasteiger partial charge on any atom is 0.261 e. The third kappa shape index (κ3) is 3.28. The van der Waals surface area contributed by atoms with Crippen molar-refractivity contribution in [1.82, 2.24) is 10.6 Å². The van der Waals surface area contributed by atoms with Crippen molar-refractivity contribution >= 4 is 23.2 Å². The van der Waals surface area contributed by atoms with Crippen LogP contribution in [-0.2, 0) is 11.2 Å². The summed E-state index contributed by atoms with van der Waals surface area (Å²) in [5.74, 6) is -0.578. The van der Waals surface area contributed by atoms with Crippen molar-refractivity contribution in [2.24, 2.45) is 0 Å². The molecule has 1 aromatic heterocycles. The number of aliphatic hydroxyl groups excluding tert-OH is 1. The molecule has 3 rings (SSSR count). The second-order valence-electron chi connectivity index (χ2n) is 5.63. The summed E-state index contributed by atoms with van der Waals surface area (Å²) in [5.41, 5.74) is 1.98. The Morgan fingerprint density at radius 2 is 2.04 bits per heavy atom. The van der Waals surface area contributed by atoms with Crippen LogP contribution >= 0.6 is 11.3 Å². The molecule has 2 aromatic rings. The molecule has 1 aliphatic carbocycles. The Kier molecular flexibility index (Phi) is 4.45. The number of carbonyl (C=O) groups is 2. The number of rotatable bonds is 4. The van der Waals surface area contributed by atoms with Gasteiger partial charge in [-0.15, -0.1) is 11.3 Å². The number of hydrogen-bond acceptors (Lipinski definition) is 4. The molecule has 0 saturated heterocycles. The van der Waals surface area contributed by atoms with Crippen LogP contribution in [0.4, 0.5) is 0 Å². The van der Waals surface area contributed by atoms with E-state index in [4.69, 9.17) is 0 Å². The van der Waals surface area contributed by atoms with Gasteiger partial charge in [-0.1, -0.05) is 30.3 Å². The van der Waals surface area contributed by atoms with Gasteiger partial charge in [-0.25, -0.2) is 0 Å². The molecule has 0 saturated carbocycles. The van der Waals surface area contributed by atoms with Crippen molar-refractivity contribution < 1.29 is 14.7 Å². The number of nitrogens with one attached hydrogen (secondary N) is 2. The van der Waals surface area contributed by atoms with Crippen LogP contribution in [0.25, 0.3) is 0 Å². The molecule has 1 heterocycles. The second kappa shape index (κ2) is 6.52. The van der Waals surface area contributed by atoms with E-state index < -0.39 is 18.2 Å². The smallest absolute Gasteiger partial charge is 0.261 e. The number of benzene rings is 1. The molecule has 2 amide bonds. The van der Waals surface area contributed by atoms with Crippen LogP contribution < -0.4 is 10.6 Å². The lowest BCUT2D eigenvalue weighted by Crippen LogP contribution is -2.47. The van der Waals surface area contributed by atoms with E-state index in [0.717, 1.165) is 11.1 Å². The minimum Gasteiger partial charge on any atom is -0.390 e. The van der Waals surface area contributed by atoms with E-state index in [1.807, 2.05) is 29.6 Å². The SMILES string of the molecule is CC(NC(=O)c1cccs1)C(=O)NC1c2ccccc2CC1O. The molecule has 5 nitrogen and oxygen atoms in total. The monoisotopic (exact) mass is 330 g/mol. The zero-order chi connectivity index (χ0) is 16.4. The number of aliphatic hydroxyl groups is 1. The van der Waals surface area contributed by atoms with Gasteiger partial charge in [0.2, 0.25) is 5.91 Å². The van der Waals surface area contributed by atoms with E-state index in [-0.39, 0.29) is 11.8 Å². The van der Waals surface area contributed by atoms with Crippen LogP contribution in [0.1, 0.15) is 33.8 Å². The van der Waals surface area contributed by atoms with Crippen LogP contribution in [0.3, 0.4) is 0 Å². The van der Waals surface area contributed by atoms with Crippen LogP contribution in [0.2, 0.25) is 0 Å². The standard InChI is InChI=1S/C17H18N2O3S/c1-10(18-17(22)14-7-4-8-23-14)16(21)19-15-12-6-3-2-5-11(12)9-13(15)20/h2-8,10,13,15,20H,9H2,1H3,(H,18,22)(H,19,21). The minimum atomic E-state index is -0.676. The molecule has 0 radical (unpaired) electrons. The number of thiophene rings is 1. The summed E-state index contributed by atoms with van der Waals surface area (Å²) in [6.07, 6.45) is -0.117. The predicted octanol–water partition coefficient (Wildman–Crippen LogP) is 1.64. The molecule has 3 N–H and O–H groups in total. The Morgan fingerprint density at radius 3 is 2.78 bits per heavy atom. The molecule has 1 aliphatic rings. The molecule has 3 atom stereocenters. The molecular formula is C17H18N2O3S. The van der Waals surface area contributed by atoms with E-state index in [1.165, 1.54) is 11.3 Å². The highest BCUT2D eigenvalue weighted by Crippen LogP contribution is 2.31. The molecule has 0 bridgehead atoms. The normalized spacial score (nSPS) is 20.6. The summed E-state index contributed by atoms with van der Waals surface area (Å²) < 4.78 is 0. The zero-order valence-corrected chi connectivity index (χ0v) is 13.5. The van der Waals surface area contributed by atoms with Gasteiger partial charge in [0.1, 0.15) is 6.04 Å². The average Bonchev–Trinajstić information content (AvgIpc) is 3.16. The summed E-state index contributed by atoms with van der Waals surface area (Å²) >= 11 is 1.32. The van der Waals surface area contributed by atoms with Gasteiger partial charge < -0.3 is 15.7 Å². The first-order valence-electron chi connectivity index (χ1n) is 7.47. The fourth-order valence-corrected chi connectivity index (χ4v) is 3.39. The largest absolute Gasteiger partial charge is 0.390 e. The van der Waals surface area contributed by atoms with Crippen LogP contribution in [-0.4, -0.2) is 29.1 Å². The van der Waals surface area contributed by atoms with Gasteiger partial charge in [-0.05, 0) is 29.5 Å². The molecule has 6 heteroatoms. The van der Waals surface area contributed by atoms with Gasteiger partial charge in [-0.3, -0.25) is 9.59 Å². The van der Waals surface area contributed by atoms with E-state index in [1.54, 1.807) is 19.1 Å². The maximum absolute atomic E-state index is 12.3. The lowest BCUT2D eigenvalue weighted by atomic mass is 10.1. The van der Waals surface area contributed by atoms with E-state index >= 15 is 0 Å². The second-order valence-corrected chi connectivity index (χ2v) is 6.58. The Labute approximate surface area is 138 Å². The van der Waals surface area contributed by atoms with Gasteiger partial charge in [0.15, 0.2) is 0 Å². The fourth-order valence-electron chi connectivity index (χ4n) is 2.77. The highest BCUT2D eigenvalue weighted by atomic mass is 32.1. The number of fused-ring (bicyclic) bond motifs is 1. The first-order valence-corrected chi connectivity index (χ1v) is 8.35. The molecule has 3 unspecified atom stereocenters. The van der Waals surface area contributed by atoms with Gasteiger partial charge >= 0.3 is 0 Å². The van der Waals surface area contributed by atoms with Crippen molar-refractivity contribution in [3.05, 3.63) is 57.8 Å². The summed E-state index contributed by atoms with van der Waals surface area (Å²) in [6, 6.07) is 10.1. The Hall–Kier alpha value is -2.18. The van der Waals surface area contributed by atoms with Crippen molar-refractivity contribution in [3.63, 3.8) is 0 Å². The summed E-state index contributed by atoms with van der Waals surface area (Å²) in [7, 11) is 0. The lowest BCUT2D eigenvalue weighted by molar-refractivity contribution is -0.124. The Bertz CT molecular complexity index is 714. The predicted molar refractivity (Wildman–Crippen MR) is 88.3 cm³/mol. The van der Waals surface area contributed by atoms with Crippen molar-refractivity contribution in [3.8, 4) is 0 Å². The molecule has 23 heavy (non-hydrogen) atoms. The lowest BCUT2D eigenvalue weighted by Gasteiger charge is -2.21. The van der Waals surface area contributed by atoms with Crippen molar-refractivity contribution in [2.45, 2.75) is 31.5 Å². The van der Waals surface area contributed by atoms with Crippen molar-refractivity contribution in [1.29, 1.82) is 0 Å². The fraction of sp³-hybridized carbons (Fsp3) is 0.294. The zero-order valence-electron chi connectivity index (χ0n) is 12.7. The molecule has 0 aliphatic heterocycles. The van der Waals surface area contributed by atoms with Gasteiger partial charge in [0.25, 0.3) is 5.91 Å². The van der Waals surface area contributed by atoms with Crippen LogP contribution in [0.15, 0.2) is 41.8 Å². The topological polar surface area (TPSA) is 78.4 Å². The first-order chi connectivity index (χ1) is 11.1. The number of hydrogen-bond donors (Lipinski definition) is 3. The maximum atomic E-state index is 12.3. The van der Waals surface area contributed by atoms with E-state index in [2.05, 4.69) is 10.6 Å². The quantitative estimate of drug-likeness (QED) is 0.797. The summed E-state index contributed by atoms with van der Waals surface area (Å²) in [4.78, 5) is 24.9. The van der Waals surface area contributed by atoms with Gasteiger partial charge in [-0.2, -0.15) is 0 Å². The van der Waals surface area contributed by atoms with E-state index in [9.17, 15) is 14.7 Å². The highest BCUT2D eigenvalue weighted by molar-refractivity contribution is 7.12. The first kappa shape index (κ1) is 15.7. The van der Waals surface area contributed by atoms with Crippen molar-refractivity contribution in [2.75, 3.05) is 0 Å². The molecule has 1 aromatic carbocycles. The molecule has 0 fully saturated rings. The summed E-state index contributed by atoms with van der Waals surface area (Å²) in [6.45, 7) is 1.63. The molecule has 0 spiro atoms. The van der Waals surface area contributed by atoms with Crippen LogP contribution in [0, 0.1) is 0 Å². The third-order valence-corrected chi connectivity index (χ3v) is 4.86. The number of amides is 2. The number of carbonyl (C=O) groups excluding carboxylic acids is 2. The minimum absolute atomic E-state index is 0.268. The average molecular weight is 330 g/mol. The molecular weight excluding hydrogens is 312 g/mol. The van der Waals surface area contributed by atoms with Crippen LogP contribution in [0.5, 0.6) is 0 Å². The van der Waals surface area contributed by atoms with Gasteiger partial charge in [0, 0.05) is 6.42 Å². The summed E-state index contributed by atoms with van der Waals surface area (Å²) in [5, 5.41) is 17.5. The molecule has 120 valence electrons. The Morgan fingerprint density at radius 1 is 1.26 bits per heavy atom.